The maximum Gasteiger partial charge on any atom is 0.419 e. The third-order valence-electron chi connectivity index (χ3n) is 3.70. The monoisotopic (exact) mass is 368 g/mol. The number of halogens is 3. The number of alkyl halides is 3. The molecule has 0 amide bonds. The molecular formula is C18H23F3N4O. The van der Waals surface area contributed by atoms with Gasteiger partial charge in [-0.25, -0.2) is 9.97 Å². The molecule has 2 rings (SSSR count). The minimum atomic E-state index is -4.58. The number of nitrogens with two attached hydrogens (primary N) is 2. The van der Waals surface area contributed by atoms with E-state index >= 15 is 0 Å². The Labute approximate surface area is 150 Å². The summed E-state index contributed by atoms with van der Waals surface area (Å²) in [5.74, 6) is 0.224. The molecule has 26 heavy (non-hydrogen) atoms. The minimum absolute atomic E-state index is 0.0198. The van der Waals surface area contributed by atoms with Crippen molar-refractivity contribution in [2.45, 2.75) is 38.9 Å². The highest BCUT2D eigenvalue weighted by atomic mass is 19.4. The van der Waals surface area contributed by atoms with Crippen molar-refractivity contribution in [3.63, 3.8) is 0 Å². The summed E-state index contributed by atoms with van der Waals surface area (Å²) in [6.07, 6.45) is -2.74. The summed E-state index contributed by atoms with van der Waals surface area (Å²) in [5, 5.41) is 0. The van der Waals surface area contributed by atoms with E-state index in [2.05, 4.69) is 9.97 Å². The van der Waals surface area contributed by atoms with Gasteiger partial charge in [-0.05, 0) is 37.5 Å². The SMILES string of the molecule is CC(C)CC(C)(N)COc1ccc(-c2cc(N)ncn2)cc1C(F)(F)F. The van der Waals surface area contributed by atoms with Crippen LogP contribution in [-0.2, 0) is 6.18 Å². The average Bonchev–Trinajstić information content (AvgIpc) is 2.51. The average molecular weight is 368 g/mol. The lowest BCUT2D eigenvalue weighted by atomic mass is 9.93. The fourth-order valence-corrected chi connectivity index (χ4v) is 2.80. The molecule has 142 valence electrons. The predicted molar refractivity (Wildman–Crippen MR) is 94.4 cm³/mol. The van der Waals surface area contributed by atoms with E-state index in [1.54, 1.807) is 6.92 Å². The van der Waals surface area contributed by atoms with Gasteiger partial charge in [-0.2, -0.15) is 13.2 Å². The van der Waals surface area contributed by atoms with Crippen LogP contribution in [0.5, 0.6) is 5.75 Å². The standard InChI is InChI=1S/C18H23F3N4O/c1-11(2)8-17(3,23)9-26-15-5-4-12(6-13(15)18(19,20)21)14-7-16(22)25-10-24-14/h4-7,10-11H,8-9,23H2,1-3H3,(H2,22,24,25). The smallest absolute Gasteiger partial charge is 0.419 e. The summed E-state index contributed by atoms with van der Waals surface area (Å²) < 4.78 is 45.9. The van der Waals surface area contributed by atoms with Crippen LogP contribution < -0.4 is 16.2 Å². The summed E-state index contributed by atoms with van der Waals surface area (Å²) in [4.78, 5) is 7.70. The molecular weight excluding hydrogens is 345 g/mol. The van der Waals surface area contributed by atoms with Gasteiger partial charge >= 0.3 is 6.18 Å². The van der Waals surface area contributed by atoms with Gasteiger partial charge in [0.15, 0.2) is 0 Å². The van der Waals surface area contributed by atoms with Gasteiger partial charge in [-0.1, -0.05) is 13.8 Å². The van der Waals surface area contributed by atoms with Gasteiger partial charge in [-0.3, -0.25) is 0 Å². The molecule has 0 aliphatic rings. The molecule has 0 aliphatic heterocycles. The van der Waals surface area contributed by atoms with E-state index in [4.69, 9.17) is 16.2 Å². The van der Waals surface area contributed by atoms with Crippen molar-refractivity contribution in [3.05, 3.63) is 36.2 Å². The normalized spacial score (nSPS) is 14.3. The number of nitrogens with zero attached hydrogens (tertiary/aromatic N) is 2. The summed E-state index contributed by atoms with van der Waals surface area (Å²) in [6.45, 7) is 5.73. The van der Waals surface area contributed by atoms with Crippen molar-refractivity contribution in [2.24, 2.45) is 11.7 Å². The van der Waals surface area contributed by atoms with Gasteiger partial charge in [0, 0.05) is 17.2 Å². The first kappa shape index (κ1) is 20.0. The lowest BCUT2D eigenvalue weighted by Crippen LogP contribution is -2.43. The Morgan fingerprint density at radius 3 is 2.42 bits per heavy atom. The number of anilines is 1. The maximum absolute atomic E-state index is 13.5. The number of hydrogen-bond acceptors (Lipinski definition) is 5. The van der Waals surface area contributed by atoms with Crippen LogP contribution in [0.4, 0.5) is 19.0 Å². The Hall–Kier alpha value is -2.35. The maximum atomic E-state index is 13.5. The van der Waals surface area contributed by atoms with Crippen molar-refractivity contribution in [2.75, 3.05) is 12.3 Å². The molecule has 0 spiro atoms. The van der Waals surface area contributed by atoms with E-state index in [1.807, 2.05) is 13.8 Å². The highest BCUT2D eigenvalue weighted by molar-refractivity contribution is 5.64. The Morgan fingerprint density at radius 1 is 1.15 bits per heavy atom. The van der Waals surface area contributed by atoms with Gasteiger partial charge in [0.05, 0.1) is 11.3 Å². The molecule has 0 saturated heterocycles. The van der Waals surface area contributed by atoms with Gasteiger partial charge in [0.1, 0.15) is 24.5 Å². The van der Waals surface area contributed by atoms with Crippen molar-refractivity contribution >= 4 is 5.82 Å². The summed E-state index contributed by atoms with van der Waals surface area (Å²) in [6, 6.07) is 5.19. The summed E-state index contributed by atoms with van der Waals surface area (Å²) in [5.41, 5.74) is 10.7. The highest BCUT2D eigenvalue weighted by Crippen LogP contribution is 2.39. The van der Waals surface area contributed by atoms with Crippen LogP contribution >= 0.6 is 0 Å². The molecule has 1 heterocycles. The first-order valence-electron chi connectivity index (χ1n) is 8.19. The van der Waals surface area contributed by atoms with Crippen molar-refractivity contribution < 1.29 is 17.9 Å². The highest BCUT2D eigenvalue weighted by Gasteiger charge is 2.35. The van der Waals surface area contributed by atoms with Crippen LogP contribution in [0.25, 0.3) is 11.3 Å². The number of benzene rings is 1. The number of aromatic nitrogens is 2. The van der Waals surface area contributed by atoms with Crippen LogP contribution in [0.2, 0.25) is 0 Å². The molecule has 8 heteroatoms. The lowest BCUT2D eigenvalue weighted by Gasteiger charge is -2.27. The molecule has 1 aromatic heterocycles. The number of rotatable bonds is 6. The van der Waals surface area contributed by atoms with E-state index in [9.17, 15) is 13.2 Å². The van der Waals surface area contributed by atoms with Gasteiger partial charge in [-0.15, -0.1) is 0 Å². The van der Waals surface area contributed by atoms with Gasteiger partial charge in [0.2, 0.25) is 0 Å². The van der Waals surface area contributed by atoms with Crippen LogP contribution in [0.15, 0.2) is 30.6 Å². The third-order valence-corrected chi connectivity index (χ3v) is 3.70. The molecule has 2 aromatic rings. The molecule has 1 atom stereocenters. The van der Waals surface area contributed by atoms with Gasteiger partial charge < -0.3 is 16.2 Å². The fraction of sp³-hybridized carbons (Fsp3) is 0.444. The minimum Gasteiger partial charge on any atom is -0.491 e. The Morgan fingerprint density at radius 2 is 1.85 bits per heavy atom. The quantitative estimate of drug-likeness (QED) is 0.808. The largest absolute Gasteiger partial charge is 0.491 e. The number of hydrogen-bond donors (Lipinski definition) is 2. The zero-order chi connectivity index (χ0) is 19.5. The van der Waals surface area contributed by atoms with E-state index < -0.39 is 17.3 Å². The number of nitrogen functional groups attached to an aromatic ring is 1. The molecule has 0 aliphatic carbocycles. The Balaban J connectivity index is 2.32. The second-order valence-electron chi connectivity index (χ2n) is 7.08. The van der Waals surface area contributed by atoms with Crippen LogP contribution in [0.3, 0.4) is 0 Å². The second kappa shape index (κ2) is 7.49. The van der Waals surface area contributed by atoms with Crippen molar-refractivity contribution in [1.29, 1.82) is 0 Å². The van der Waals surface area contributed by atoms with E-state index in [0.29, 0.717) is 18.0 Å². The summed E-state index contributed by atoms with van der Waals surface area (Å²) in [7, 11) is 0. The molecule has 0 saturated carbocycles. The predicted octanol–water partition coefficient (Wildman–Crippen LogP) is 3.89. The topological polar surface area (TPSA) is 87.0 Å². The first-order chi connectivity index (χ1) is 12.0. The Bertz CT molecular complexity index is 760. The van der Waals surface area contributed by atoms with E-state index in [0.717, 1.165) is 6.07 Å². The third kappa shape index (κ3) is 5.32. The fourth-order valence-electron chi connectivity index (χ4n) is 2.80. The van der Waals surface area contributed by atoms with Crippen LogP contribution in [0, 0.1) is 5.92 Å². The summed E-state index contributed by atoms with van der Waals surface area (Å²) >= 11 is 0. The van der Waals surface area contributed by atoms with E-state index in [-0.39, 0.29) is 23.7 Å². The molecule has 5 nitrogen and oxygen atoms in total. The molecule has 4 N–H and O–H groups in total. The van der Waals surface area contributed by atoms with Crippen molar-refractivity contribution in [3.8, 4) is 17.0 Å². The van der Waals surface area contributed by atoms with E-state index in [1.165, 1.54) is 24.5 Å². The van der Waals surface area contributed by atoms with Gasteiger partial charge in [0.25, 0.3) is 0 Å². The second-order valence-corrected chi connectivity index (χ2v) is 7.08. The molecule has 1 unspecified atom stereocenters. The molecule has 0 radical (unpaired) electrons. The Kier molecular flexibility index (Phi) is 5.75. The lowest BCUT2D eigenvalue weighted by molar-refractivity contribution is -0.139. The van der Waals surface area contributed by atoms with Crippen LogP contribution in [-0.4, -0.2) is 22.1 Å². The molecule has 0 bridgehead atoms. The first-order valence-corrected chi connectivity index (χ1v) is 8.19. The number of ether oxygens (including phenoxy) is 1. The van der Waals surface area contributed by atoms with Crippen molar-refractivity contribution in [1.82, 2.24) is 9.97 Å². The van der Waals surface area contributed by atoms with Crippen LogP contribution in [0.1, 0.15) is 32.8 Å². The zero-order valence-corrected chi connectivity index (χ0v) is 15.0. The molecule has 0 fully saturated rings. The zero-order valence-electron chi connectivity index (χ0n) is 15.0. The molecule has 1 aromatic carbocycles.